The summed E-state index contributed by atoms with van der Waals surface area (Å²) >= 11 is 5.80. The summed E-state index contributed by atoms with van der Waals surface area (Å²) in [5.41, 5.74) is 0. The minimum atomic E-state index is -3.95. The number of rotatable bonds is 7. The van der Waals surface area contributed by atoms with Gasteiger partial charge in [0.1, 0.15) is 6.04 Å². The van der Waals surface area contributed by atoms with Crippen LogP contribution in [0.25, 0.3) is 0 Å². The Kier molecular flexibility index (Phi) is 8.08. The minimum Gasteiger partial charge on any atom is -0.451 e. The van der Waals surface area contributed by atoms with Crippen molar-refractivity contribution < 1.29 is 22.7 Å². The molecule has 0 unspecified atom stereocenters. The van der Waals surface area contributed by atoms with E-state index in [0.717, 1.165) is 12.8 Å². The van der Waals surface area contributed by atoms with Crippen molar-refractivity contribution in [2.45, 2.75) is 57.6 Å². The Balaban J connectivity index is 2.05. The van der Waals surface area contributed by atoms with Gasteiger partial charge in [-0.2, -0.15) is 4.72 Å². The summed E-state index contributed by atoms with van der Waals surface area (Å²) in [6, 6.07) is 4.51. The molecule has 1 amide bonds. The number of halogens is 1. The van der Waals surface area contributed by atoms with Crippen molar-refractivity contribution in [1.82, 2.24) is 9.62 Å². The second-order valence-corrected chi connectivity index (χ2v) is 10.0. The highest BCUT2D eigenvalue weighted by atomic mass is 35.5. The van der Waals surface area contributed by atoms with E-state index in [4.69, 9.17) is 16.3 Å². The molecule has 1 aliphatic heterocycles. The van der Waals surface area contributed by atoms with Crippen LogP contribution in [0, 0.1) is 11.8 Å². The molecule has 1 heterocycles. The highest BCUT2D eigenvalue weighted by Crippen LogP contribution is 2.19. The lowest BCUT2D eigenvalue weighted by Gasteiger charge is -2.32. The molecule has 7 nitrogen and oxygen atoms in total. The fraction of sp³-hybridized carbons (Fsp3) is 0.600. The Morgan fingerprint density at radius 3 is 2.21 bits per heavy atom. The first-order valence-electron chi connectivity index (χ1n) is 9.78. The monoisotopic (exact) mass is 444 g/mol. The van der Waals surface area contributed by atoms with Crippen molar-refractivity contribution in [1.29, 1.82) is 0 Å². The predicted octanol–water partition coefficient (Wildman–Crippen LogP) is 2.83. The maximum absolute atomic E-state index is 12.7. The van der Waals surface area contributed by atoms with Crippen molar-refractivity contribution in [2.24, 2.45) is 11.8 Å². The molecule has 1 aliphatic rings. The zero-order chi connectivity index (χ0) is 21.8. The van der Waals surface area contributed by atoms with Crippen molar-refractivity contribution in [3.63, 3.8) is 0 Å². The number of hydrogen-bond acceptors (Lipinski definition) is 5. The molecule has 0 aromatic heterocycles. The van der Waals surface area contributed by atoms with Gasteiger partial charge in [-0.25, -0.2) is 8.42 Å². The molecule has 1 aromatic rings. The van der Waals surface area contributed by atoms with Crippen molar-refractivity contribution in [3.8, 4) is 0 Å². The van der Waals surface area contributed by atoms with Gasteiger partial charge in [-0.15, -0.1) is 0 Å². The molecular weight excluding hydrogens is 416 g/mol. The standard InChI is InChI=1S/C20H29ClN2O5S/c1-13(2)18(22-29(26,27)17-7-5-16(21)6-8-17)20(25)28-15(4)19(24)23-11-9-14(3)10-12-23/h5-8,13-15,18,22H,9-12H2,1-4H3/t15-,18-/m1/s1. The number of piperidine rings is 1. The lowest BCUT2D eigenvalue weighted by molar-refractivity contribution is -0.161. The van der Waals surface area contributed by atoms with Crippen LogP contribution in [0.5, 0.6) is 0 Å². The average molecular weight is 445 g/mol. The predicted molar refractivity (Wildman–Crippen MR) is 111 cm³/mol. The molecular formula is C20H29ClN2O5S. The number of benzene rings is 1. The van der Waals surface area contributed by atoms with Gasteiger partial charge in [0, 0.05) is 18.1 Å². The summed E-state index contributed by atoms with van der Waals surface area (Å²) in [5, 5.41) is 0.406. The molecule has 9 heteroatoms. The van der Waals surface area contributed by atoms with E-state index in [9.17, 15) is 18.0 Å². The van der Waals surface area contributed by atoms with Gasteiger partial charge >= 0.3 is 5.97 Å². The van der Waals surface area contributed by atoms with E-state index < -0.39 is 28.1 Å². The Morgan fingerprint density at radius 1 is 1.14 bits per heavy atom. The molecule has 0 saturated carbocycles. The number of likely N-dealkylation sites (tertiary alicyclic amines) is 1. The van der Waals surface area contributed by atoms with Crippen LogP contribution in [0.4, 0.5) is 0 Å². The number of sulfonamides is 1. The second kappa shape index (κ2) is 9.91. The highest BCUT2D eigenvalue weighted by Gasteiger charge is 2.33. The maximum atomic E-state index is 12.7. The van der Waals surface area contributed by atoms with Crippen LogP contribution in [0.15, 0.2) is 29.2 Å². The van der Waals surface area contributed by atoms with Gasteiger partial charge in [-0.05, 0) is 55.9 Å². The Morgan fingerprint density at radius 2 is 1.69 bits per heavy atom. The molecule has 1 N–H and O–H groups in total. The van der Waals surface area contributed by atoms with Gasteiger partial charge in [-0.1, -0.05) is 32.4 Å². The lowest BCUT2D eigenvalue weighted by Crippen LogP contribution is -2.49. The Hall–Kier alpha value is -1.64. The van der Waals surface area contributed by atoms with Crippen LogP contribution in [0.3, 0.4) is 0 Å². The van der Waals surface area contributed by atoms with Gasteiger partial charge in [-0.3, -0.25) is 9.59 Å². The summed E-state index contributed by atoms with van der Waals surface area (Å²) in [4.78, 5) is 26.9. The molecule has 1 saturated heterocycles. The van der Waals surface area contributed by atoms with E-state index in [1.165, 1.54) is 31.2 Å². The Labute approximate surface area is 177 Å². The average Bonchev–Trinajstić information content (AvgIpc) is 2.66. The molecule has 0 bridgehead atoms. The van der Waals surface area contributed by atoms with Gasteiger partial charge in [0.2, 0.25) is 10.0 Å². The number of nitrogens with zero attached hydrogens (tertiary/aromatic N) is 1. The van der Waals surface area contributed by atoms with Crippen LogP contribution >= 0.6 is 11.6 Å². The van der Waals surface area contributed by atoms with Gasteiger partial charge in [0.05, 0.1) is 4.90 Å². The van der Waals surface area contributed by atoms with Gasteiger partial charge in [0.15, 0.2) is 6.10 Å². The number of esters is 1. The highest BCUT2D eigenvalue weighted by molar-refractivity contribution is 7.89. The first-order valence-corrected chi connectivity index (χ1v) is 11.6. The summed E-state index contributed by atoms with van der Waals surface area (Å²) in [6.07, 6.45) is 0.862. The van der Waals surface area contributed by atoms with Gasteiger partial charge in [0.25, 0.3) is 5.91 Å². The molecule has 2 atom stereocenters. The smallest absolute Gasteiger partial charge is 0.325 e. The molecule has 29 heavy (non-hydrogen) atoms. The third kappa shape index (κ3) is 6.42. The summed E-state index contributed by atoms with van der Waals surface area (Å²) in [5.74, 6) is -0.829. The number of carbonyl (C=O) groups is 2. The zero-order valence-corrected chi connectivity index (χ0v) is 18.8. The van der Waals surface area contributed by atoms with E-state index in [2.05, 4.69) is 11.6 Å². The topological polar surface area (TPSA) is 92.8 Å². The van der Waals surface area contributed by atoms with Crippen LogP contribution in [-0.2, 0) is 24.3 Å². The SMILES string of the molecule is CC1CCN(C(=O)[C@@H](C)OC(=O)[C@H](NS(=O)(=O)c2ccc(Cl)cc2)C(C)C)CC1. The fourth-order valence-electron chi connectivity index (χ4n) is 3.09. The lowest BCUT2D eigenvalue weighted by atomic mass is 9.99. The van der Waals surface area contributed by atoms with Crippen LogP contribution in [0.1, 0.15) is 40.5 Å². The van der Waals surface area contributed by atoms with E-state index in [1.54, 1.807) is 18.7 Å². The first-order chi connectivity index (χ1) is 13.5. The number of ether oxygens (including phenoxy) is 1. The maximum Gasteiger partial charge on any atom is 0.325 e. The number of amides is 1. The summed E-state index contributed by atoms with van der Waals surface area (Å²) in [6.45, 7) is 8.34. The van der Waals surface area contributed by atoms with Crippen molar-refractivity contribution in [3.05, 3.63) is 29.3 Å². The largest absolute Gasteiger partial charge is 0.451 e. The molecule has 0 radical (unpaired) electrons. The number of hydrogen-bond donors (Lipinski definition) is 1. The Bertz CT molecular complexity index is 818. The third-order valence-corrected chi connectivity index (χ3v) is 6.77. The summed E-state index contributed by atoms with van der Waals surface area (Å²) < 4.78 is 33.0. The zero-order valence-electron chi connectivity index (χ0n) is 17.2. The second-order valence-electron chi connectivity index (χ2n) is 7.88. The minimum absolute atomic E-state index is 0.00749. The summed E-state index contributed by atoms with van der Waals surface area (Å²) in [7, 11) is -3.95. The van der Waals surface area contributed by atoms with E-state index >= 15 is 0 Å². The molecule has 162 valence electrons. The normalized spacial score (nSPS) is 17.8. The van der Waals surface area contributed by atoms with Crippen molar-refractivity contribution >= 4 is 33.5 Å². The van der Waals surface area contributed by atoms with E-state index in [-0.39, 0.29) is 16.7 Å². The molecule has 1 fully saturated rings. The molecule has 0 aliphatic carbocycles. The van der Waals surface area contributed by atoms with Crippen LogP contribution in [-0.4, -0.2) is 50.4 Å². The molecule has 1 aromatic carbocycles. The first kappa shape index (κ1) is 23.6. The van der Waals surface area contributed by atoms with E-state index in [1.807, 2.05) is 0 Å². The third-order valence-electron chi connectivity index (χ3n) is 5.06. The van der Waals surface area contributed by atoms with Crippen molar-refractivity contribution in [2.75, 3.05) is 13.1 Å². The van der Waals surface area contributed by atoms with Crippen LogP contribution < -0.4 is 4.72 Å². The van der Waals surface area contributed by atoms with Crippen LogP contribution in [0.2, 0.25) is 5.02 Å². The fourth-order valence-corrected chi connectivity index (χ4v) is 4.55. The van der Waals surface area contributed by atoms with E-state index in [0.29, 0.717) is 24.0 Å². The quantitative estimate of drug-likeness (QED) is 0.653. The molecule has 2 rings (SSSR count). The number of carbonyl (C=O) groups excluding carboxylic acids is 2. The molecule has 0 spiro atoms. The number of nitrogens with one attached hydrogen (secondary N) is 1. The van der Waals surface area contributed by atoms with Gasteiger partial charge < -0.3 is 9.64 Å².